The number of aliphatic hydroxyl groups excluding tert-OH is 1. The Labute approximate surface area is 123 Å². The number of rotatable bonds is 5. The van der Waals surface area contributed by atoms with Gasteiger partial charge < -0.3 is 10.8 Å². The molecule has 0 aliphatic carbocycles. The highest BCUT2D eigenvalue weighted by molar-refractivity contribution is 6.57. The standard InChI is InChI=1S/C15H26ClNOSi/c1-10-6-12(16)11(7-13(10)17)8-15(2,3)9-14(18)19(4)5/h6-7,14,18-19H,8-9,17H2,1-5H3. The van der Waals surface area contributed by atoms with Crippen molar-refractivity contribution in [3.8, 4) is 0 Å². The number of benzene rings is 1. The molecule has 0 heterocycles. The van der Waals surface area contributed by atoms with Crippen molar-refractivity contribution < 1.29 is 5.11 Å². The van der Waals surface area contributed by atoms with E-state index in [9.17, 15) is 5.11 Å². The van der Waals surface area contributed by atoms with E-state index in [2.05, 4.69) is 26.9 Å². The Hall–Kier alpha value is -0.513. The van der Waals surface area contributed by atoms with Gasteiger partial charge in [0.15, 0.2) is 0 Å². The lowest BCUT2D eigenvalue weighted by Gasteiger charge is -2.29. The van der Waals surface area contributed by atoms with E-state index in [0.29, 0.717) is 0 Å². The molecular weight excluding hydrogens is 274 g/mol. The van der Waals surface area contributed by atoms with Crippen LogP contribution in [0.15, 0.2) is 12.1 Å². The lowest BCUT2D eigenvalue weighted by Crippen LogP contribution is -2.31. The molecule has 3 N–H and O–H groups in total. The van der Waals surface area contributed by atoms with E-state index in [1.807, 2.05) is 19.1 Å². The molecule has 0 spiro atoms. The highest BCUT2D eigenvalue weighted by Gasteiger charge is 2.25. The molecule has 0 amide bonds. The van der Waals surface area contributed by atoms with E-state index in [4.69, 9.17) is 17.3 Å². The molecule has 0 aromatic heterocycles. The summed E-state index contributed by atoms with van der Waals surface area (Å²) in [6.07, 6.45) is 1.66. The van der Waals surface area contributed by atoms with Crippen LogP contribution in [0, 0.1) is 12.3 Å². The number of aryl methyl sites for hydroxylation is 1. The summed E-state index contributed by atoms with van der Waals surface area (Å²) in [5.74, 6) is 0. The molecule has 1 aromatic carbocycles. The molecule has 0 aliphatic heterocycles. The van der Waals surface area contributed by atoms with Crippen LogP contribution in [0.1, 0.15) is 31.4 Å². The number of anilines is 1. The van der Waals surface area contributed by atoms with Gasteiger partial charge in [0.1, 0.15) is 0 Å². The minimum absolute atomic E-state index is 0.0298. The van der Waals surface area contributed by atoms with Crippen LogP contribution in [0.2, 0.25) is 18.1 Å². The average Bonchev–Trinajstić information content (AvgIpc) is 2.24. The van der Waals surface area contributed by atoms with Gasteiger partial charge in [0.25, 0.3) is 0 Å². The highest BCUT2D eigenvalue weighted by atomic mass is 35.5. The maximum atomic E-state index is 10.1. The Morgan fingerprint density at radius 3 is 2.47 bits per heavy atom. The zero-order valence-electron chi connectivity index (χ0n) is 12.6. The second-order valence-corrected chi connectivity index (χ2v) is 10.3. The third kappa shape index (κ3) is 4.82. The fourth-order valence-corrected chi connectivity index (χ4v) is 3.66. The summed E-state index contributed by atoms with van der Waals surface area (Å²) >= 11 is 6.30. The van der Waals surface area contributed by atoms with Gasteiger partial charge in [0.05, 0.1) is 8.80 Å². The minimum Gasteiger partial charge on any atom is -0.399 e. The third-order valence-electron chi connectivity index (χ3n) is 3.64. The zero-order chi connectivity index (χ0) is 14.8. The van der Waals surface area contributed by atoms with Gasteiger partial charge in [-0.15, -0.1) is 0 Å². The molecule has 108 valence electrons. The van der Waals surface area contributed by atoms with Gasteiger partial charge in [-0.3, -0.25) is 0 Å². The van der Waals surface area contributed by atoms with Gasteiger partial charge >= 0.3 is 0 Å². The molecule has 0 aliphatic rings. The number of hydrogen-bond acceptors (Lipinski definition) is 2. The van der Waals surface area contributed by atoms with Crippen LogP contribution >= 0.6 is 11.6 Å². The molecule has 0 saturated carbocycles. The van der Waals surface area contributed by atoms with Gasteiger partial charge in [-0.05, 0) is 48.4 Å². The van der Waals surface area contributed by atoms with Gasteiger partial charge in [-0.1, -0.05) is 38.5 Å². The molecule has 0 saturated heterocycles. The Balaban J connectivity index is 2.86. The second-order valence-electron chi connectivity index (χ2n) is 6.66. The SMILES string of the molecule is Cc1cc(Cl)c(CC(C)(C)CC(O)[SiH](C)C)cc1N. The number of nitrogens with two attached hydrogens (primary N) is 1. The van der Waals surface area contributed by atoms with Crippen molar-refractivity contribution in [3.05, 3.63) is 28.3 Å². The van der Waals surface area contributed by atoms with Crippen molar-refractivity contribution in [2.75, 3.05) is 5.73 Å². The van der Waals surface area contributed by atoms with E-state index in [1.165, 1.54) is 0 Å². The average molecular weight is 300 g/mol. The molecule has 0 radical (unpaired) electrons. The Bertz CT molecular complexity index is 446. The minimum atomic E-state index is -1.00. The van der Waals surface area contributed by atoms with Crippen LogP contribution in [-0.4, -0.2) is 19.6 Å². The van der Waals surface area contributed by atoms with Gasteiger partial charge in [-0.2, -0.15) is 0 Å². The van der Waals surface area contributed by atoms with Crippen molar-refractivity contribution in [2.45, 2.75) is 52.4 Å². The molecule has 1 atom stereocenters. The van der Waals surface area contributed by atoms with Crippen molar-refractivity contribution in [1.29, 1.82) is 0 Å². The largest absolute Gasteiger partial charge is 0.399 e. The van der Waals surface area contributed by atoms with Crippen molar-refractivity contribution in [2.24, 2.45) is 5.41 Å². The number of hydrogen-bond donors (Lipinski definition) is 2. The first-order valence-corrected chi connectivity index (χ1v) is 10.2. The van der Waals surface area contributed by atoms with Gasteiger partial charge in [0.2, 0.25) is 0 Å². The lowest BCUT2D eigenvalue weighted by molar-refractivity contribution is 0.172. The normalized spacial score (nSPS) is 13.9. The fraction of sp³-hybridized carbons (Fsp3) is 0.600. The van der Waals surface area contributed by atoms with E-state index >= 15 is 0 Å². The summed E-state index contributed by atoms with van der Waals surface area (Å²) < 4.78 is 0. The molecular formula is C15H26ClNOSi. The summed E-state index contributed by atoms with van der Waals surface area (Å²) in [6.45, 7) is 10.7. The molecule has 0 fully saturated rings. The monoisotopic (exact) mass is 299 g/mol. The predicted molar refractivity (Wildman–Crippen MR) is 87.6 cm³/mol. The first-order chi connectivity index (χ1) is 8.62. The lowest BCUT2D eigenvalue weighted by atomic mass is 9.82. The van der Waals surface area contributed by atoms with Crippen LogP contribution in [0.3, 0.4) is 0 Å². The Morgan fingerprint density at radius 2 is 1.95 bits per heavy atom. The second kappa shape index (κ2) is 6.29. The molecule has 1 unspecified atom stereocenters. The quantitative estimate of drug-likeness (QED) is 0.645. The van der Waals surface area contributed by atoms with E-state index < -0.39 is 8.80 Å². The van der Waals surface area contributed by atoms with E-state index in [0.717, 1.165) is 34.7 Å². The number of aliphatic hydroxyl groups is 1. The number of nitrogen functional groups attached to an aromatic ring is 1. The van der Waals surface area contributed by atoms with Crippen LogP contribution in [0.4, 0.5) is 5.69 Å². The Kier molecular flexibility index (Phi) is 5.48. The third-order valence-corrected chi connectivity index (χ3v) is 5.76. The van der Waals surface area contributed by atoms with Gasteiger partial charge in [0, 0.05) is 16.4 Å². The smallest absolute Gasteiger partial charge is 0.0652 e. The topological polar surface area (TPSA) is 46.2 Å². The van der Waals surface area contributed by atoms with Crippen LogP contribution < -0.4 is 5.73 Å². The molecule has 19 heavy (non-hydrogen) atoms. The predicted octanol–water partition coefficient (Wildman–Crippen LogP) is 3.58. The van der Waals surface area contributed by atoms with E-state index in [-0.39, 0.29) is 11.1 Å². The van der Waals surface area contributed by atoms with Crippen molar-refractivity contribution in [3.63, 3.8) is 0 Å². The first-order valence-electron chi connectivity index (χ1n) is 6.85. The summed E-state index contributed by atoms with van der Waals surface area (Å²) in [6, 6.07) is 3.90. The summed E-state index contributed by atoms with van der Waals surface area (Å²) in [7, 11) is -1.00. The molecule has 1 rings (SSSR count). The van der Waals surface area contributed by atoms with E-state index in [1.54, 1.807) is 0 Å². The Morgan fingerprint density at radius 1 is 1.37 bits per heavy atom. The zero-order valence-corrected chi connectivity index (χ0v) is 14.5. The molecule has 1 aromatic rings. The summed E-state index contributed by atoms with van der Waals surface area (Å²) in [4.78, 5) is 0. The fourth-order valence-electron chi connectivity index (χ4n) is 2.26. The maximum absolute atomic E-state index is 10.1. The van der Waals surface area contributed by atoms with Crippen LogP contribution in [0.5, 0.6) is 0 Å². The molecule has 4 heteroatoms. The van der Waals surface area contributed by atoms with Crippen molar-refractivity contribution >= 4 is 26.1 Å². The van der Waals surface area contributed by atoms with Gasteiger partial charge in [-0.25, -0.2) is 0 Å². The number of halogens is 1. The summed E-state index contributed by atoms with van der Waals surface area (Å²) in [5, 5.41) is 10.9. The van der Waals surface area contributed by atoms with Crippen LogP contribution in [-0.2, 0) is 6.42 Å². The van der Waals surface area contributed by atoms with Crippen molar-refractivity contribution in [1.82, 2.24) is 0 Å². The highest BCUT2D eigenvalue weighted by Crippen LogP contribution is 2.33. The van der Waals surface area contributed by atoms with Crippen LogP contribution in [0.25, 0.3) is 0 Å². The first kappa shape index (κ1) is 16.5. The molecule has 2 nitrogen and oxygen atoms in total. The molecule has 0 bridgehead atoms. The maximum Gasteiger partial charge on any atom is 0.0652 e. The summed E-state index contributed by atoms with van der Waals surface area (Å²) in [5.41, 5.74) is 8.72.